The topological polar surface area (TPSA) is 137 Å². The van der Waals surface area contributed by atoms with Gasteiger partial charge >= 0.3 is 5.97 Å². The molecule has 21 heavy (non-hydrogen) atoms. The first kappa shape index (κ1) is 17.2. The molecule has 0 aliphatic heterocycles. The van der Waals surface area contributed by atoms with Gasteiger partial charge in [0.15, 0.2) is 0 Å². The molecule has 1 rings (SSSR count). The summed E-state index contributed by atoms with van der Waals surface area (Å²) >= 11 is 0. The van der Waals surface area contributed by atoms with Crippen LogP contribution >= 0.6 is 0 Å². The first-order chi connectivity index (χ1) is 9.96. The van der Waals surface area contributed by atoms with Crippen molar-refractivity contribution in [2.45, 2.75) is 12.2 Å². The van der Waals surface area contributed by atoms with E-state index in [1.165, 1.54) is 18.2 Å². The lowest BCUT2D eigenvalue weighted by Gasteiger charge is -2.14. The Morgan fingerprint density at radius 2 is 1.38 bits per heavy atom. The summed E-state index contributed by atoms with van der Waals surface area (Å²) in [6.45, 7) is -1.38. The van der Waals surface area contributed by atoms with E-state index < -0.39 is 31.4 Å². The maximum Gasteiger partial charge on any atom is 0.335 e. The highest BCUT2D eigenvalue weighted by atomic mass is 16.5. The van der Waals surface area contributed by atoms with Gasteiger partial charge in [0.2, 0.25) is 0 Å². The zero-order valence-electron chi connectivity index (χ0n) is 11.2. The van der Waals surface area contributed by atoms with Crippen molar-refractivity contribution in [2.75, 3.05) is 26.4 Å². The zero-order valence-corrected chi connectivity index (χ0v) is 11.2. The Balaban J connectivity index is 2.82. The summed E-state index contributed by atoms with van der Waals surface area (Å²) in [6, 6.07) is 3.85. The lowest BCUT2D eigenvalue weighted by atomic mass is 10.2. The molecule has 0 heterocycles. The van der Waals surface area contributed by atoms with Crippen LogP contribution in [-0.4, -0.2) is 70.1 Å². The summed E-state index contributed by atoms with van der Waals surface area (Å²) in [7, 11) is 0. The van der Waals surface area contributed by atoms with Crippen molar-refractivity contribution in [3.8, 4) is 11.5 Å². The van der Waals surface area contributed by atoms with Crippen LogP contribution in [0, 0.1) is 0 Å². The fraction of sp³-hybridized carbons (Fsp3) is 0.462. The number of benzene rings is 1. The van der Waals surface area contributed by atoms with E-state index in [1.807, 2.05) is 0 Å². The van der Waals surface area contributed by atoms with Crippen molar-refractivity contribution in [1.82, 2.24) is 0 Å². The maximum atomic E-state index is 11.0. The van der Waals surface area contributed by atoms with Gasteiger partial charge in [-0.05, 0) is 12.1 Å². The average Bonchev–Trinajstić information content (AvgIpc) is 2.49. The van der Waals surface area contributed by atoms with Gasteiger partial charge < -0.3 is 35.0 Å². The van der Waals surface area contributed by atoms with Crippen LogP contribution < -0.4 is 9.47 Å². The fourth-order valence-corrected chi connectivity index (χ4v) is 1.35. The molecule has 8 nitrogen and oxygen atoms in total. The van der Waals surface area contributed by atoms with E-state index in [1.54, 1.807) is 0 Å². The van der Waals surface area contributed by atoms with Crippen LogP contribution in [0.5, 0.6) is 11.5 Å². The number of aromatic carboxylic acids is 1. The number of hydrogen-bond donors (Lipinski definition) is 5. The van der Waals surface area contributed by atoms with Crippen molar-refractivity contribution in [2.24, 2.45) is 0 Å². The molecule has 0 aliphatic carbocycles. The van der Waals surface area contributed by atoms with E-state index >= 15 is 0 Å². The molecule has 118 valence electrons. The molecule has 0 fully saturated rings. The highest BCUT2D eigenvalue weighted by molar-refractivity contribution is 5.88. The highest BCUT2D eigenvalue weighted by Crippen LogP contribution is 2.23. The summed E-state index contributed by atoms with van der Waals surface area (Å²) in [6.07, 6.45) is -2.17. The van der Waals surface area contributed by atoms with E-state index in [0.717, 1.165) is 0 Å². The normalized spacial score (nSPS) is 13.5. The molecular weight excluding hydrogens is 284 g/mol. The van der Waals surface area contributed by atoms with Crippen LogP contribution in [0.1, 0.15) is 10.4 Å². The van der Waals surface area contributed by atoms with Crippen molar-refractivity contribution in [3.05, 3.63) is 23.8 Å². The third-order valence-corrected chi connectivity index (χ3v) is 2.43. The van der Waals surface area contributed by atoms with Crippen LogP contribution in [0.3, 0.4) is 0 Å². The third kappa shape index (κ3) is 5.96. The maximum absolute atomic E-state index is 11.0. The van der Waals surface area contributed by atoms with Crippen LogP contribution in [0.15, 0.2) is 18.2 Å². The van der Waals surface area contributed by atoms with Gasteiger partial charge in [0.25, 0.3) is 0 Å². The standard InChI is InChI=1S/C13H18O8/c14-4-9(16)6-20-11-1-8(13(18)19)2-12(3-11)21-7-10(17)5-15/h1-3,9-10,14-17H,4-7H2,(H,18,19)/t9-,10-/m1/s1. The lowest BCUT2D eigenvalue weighted by Crippen LogP contribution is -2.22. The largest absolute Gasteiger partial charge is 0.491 e. The van der Waals surface area contributed by atoms with E-state index in [4.69, 9.17) is 24.8 Å². The molecule has 0 aliphatic rings. The van der Waals surface area contributed by atoms with Crippen LogP contribution in [0.2, 0.25) is 0 Å². The van der Waals surface area contributed by atoms with E-state index in [2.05, 4.69) is 0 Å². The molecule has 0 aromatic heterocycles. The van der Waals surface area contributed by atoms with Gasteiger partial charge in [-0.25, -0.2) is 4.79 Å². The molecule has 1 aromatic rings. The predicted octanol–water partition coefficient (Wildman–Crippen LogP) is -1.15. The molecule has 0 saturated carbocycles. The fourth-order valence-electron chi connectivity index (χ4n) is 1.35. The van der Waals surface area contributed by atoms with E-state index in [9.17, 15) is 15.0 Å². The highest BCUT2D eigenvalue weighted by Gasteiger charge is 2.11. The molecule has 0 spiro atoms. The van der Waals surface area contributed by atoms with Crippen LogP contribution in [0.25, 0.3) is 0 Å². The monoisotopic (exact) mass is 302 g/mol. The number of ether oxygens (including phenoxy) is 2. The molecular formula is C13H18O8. The van der Waals surface area contributed by atoms with Gasteiger partial charge in [0.1, 0.15) is 36.9 Å². The summed E-state index contributed by atoms with van der Waals surface area (Å²) < 4.78 is 10.3. The number of aliphatic hydroxyl groups is 4. The van der Waals surface area contributed by atoms with Gasteiger partial charge in [-0.15, -0.1) is 0 Å². The van der Waals surface area contributed by atoms with Crippen molar-refractivity contribution in [1.29, 1.82) is 0 Å². The second kappa shape index (κ2) is 8.42. The van der Waals surface area contributed by atoms with Crippen molar-refractivity contribution in [3.63, 3.8) is 0 Å². The number of carbonyl (C=O) groups is 1. The Hall–Kier alpha value is -1.87. The van der Waals surface area contributed by atoms with Crippen molar-refractivity contribution >= 4 is 5.97 Å². The van der Waals surface area contributed by atoms with Gasteiger partial charge in [0, 0.05) is 6.07 Å². The lowest BCUT2D eigenvalue weighted by molar-refractivity contribution is 0.0510. The third-order valence-electron chi connectivity index (χ3n) is 2.43. The molecule has 1 aromatic carbocycles. The van der Waals surface area contributed by atoms with Crippen LogP contribution in [0.4, 0.5) is 0 Å². The summed E-state index contributed by atoms with van der Waals surface area (Å²) in [5.41, 5.74) is -0.0977. The molecule has 0 radical (unpaired) electrons. The number of aliphatic hydroxyl groups excluding tert-OH is 4. The van der Waals surface area contributed by atoms with E-state index in [-0.39, 0.29) is 30.3 Å². The van der Waals surface area contributed by atoms with Gasteiger partial charge in [0.05, 0.1) is 18.8 Å². The molecule has 5 N–H and O–H groups in total. The summed E-state index contributed by atoms with van der Waals surface area (Å²) in [4.78, 5) is 11.0. The Labute approximate surface area is 120 Å². The SMILES string of the molecule is O=C(O)c1cc(OC[C@H](O)CO)cc(OC[C@H](O)CO)c1. The quantitative estimate of drug-likeness (QED) is 0.385. The number of carboxylic acid groups (broad SMARTS) is 1. The smallest absolute Gasteiger partial charge is 0.335 e. The Morgan fingerprint density at radius 1 is 0.952 bits per heavy atom. The van der Waals surface area contributed by atoms with Gasteiger partial charge in [-0.3, -0.25) is 0 Å². The number of hydrogen-bond acceptors (Lipinski definition) is 7. The van der Waals surface area contributed by atoms with Gasteiger partial charge in [-0.2, -0.15) is 0 Å². The minimum atomic E-state index is -1.20. The Morgan fingerprint density at radius 3 is 1.71 bits per heavy atom. The molecule has 2 atom stereocenters. The average molecular weight is 302 g/mol. The van der Waals surface area contributed by atoms with Gasteiger partial charge in [-0.1, -0.05) is 0 Å². The Kier molecular flexibility index (Phi) is 6.89. The second-order valence-electron chi connectivity index (χ2n) is 4.29. The molecule has 0 unspecified atom stereocenters. The summed E-state index contributed by atoms with van der Waals surface area (Å²) in [5.74, 6) is -0.928. The van der Waals surface area contributed by atoms with Crippen molar-refractivity contribution < 1.29 is 39.8 Å². The molecule has 0 amide bonds. The minimum Gasteiger partial charge on any atom is -0.491 e. The molecule has 0 bridgehead atoms. The first-order valence-electron chi connectivity index (χ1n) is 6.18. The minimum absolute atomic E-state index is 0.0977. The predicted molar refractivity (Wildman–Crippen MR) is 70.6 cm³/mol. The van der Waals surface area contributed by atoms with Crippen LogP contribution in [-0.2, 0) is 0 Å². The number of carboxylic acids is 1. The molecule has 0 saturated heterocycles. The summed E-state index contributed by atoms with van der Waals surface area (Å²) in [5, 5.41) is 44.7. The van der Waals surface area contributed by atoms with E-state index in [0.29, 0.717) is 0 Å². The second-order valence-corrected chi connectivity index (χ2v) is 4.29. The number of rotatable bonds is 9. The molecule has 8 heteroatoms. The zero-order chi connectivity index (χ0) is 15.8. The Bertz CT molecular complexity index is 429. The first-order valence-corrected chi connectivity index (χ1v) is 6.18.